The van der Waals surface area contributed by atoms with E-state index in [2.05, 4.69) is 35.4 Å². The molecule has 3 amide bonds. The Labute approximate surface area is 171 Å². The van der Waals surface area contributed by atoms with Gasteiger partial charge < -0.3 is 10.2 Å². The van der Waals surface area contributed by atoms with E-state index < -0.39 is 6.04 Å². The second-order valence-corrected chi connectivity index (χ2v) is 8.76. The minimum Gasteiger partial charge on any atom is -0.322 e. The lowest BCUT2D eigenvalue weighted by Gasteiger charge is -2.33. The van der Waals surface area contributed by atoms with Gasteiger partial charge in [0.25, 0.3) is 5.91 Å². The highest BCUT2D eigenvalue weighted by Crippen LogP contribution is 2.28. The third-order valence-corrected chi connectivity index (χ3v) is 6.15. The minimum absolute atomic E-state index is 0.110. The van der Waals surface area contributed by atoms with Crippen molar-refractivity contribution in [3.05, 3.63) is 34.9 Å². The summed E-state index contributed by atoms with van der Waals surface area (Å²) in [4.78, 5) is 40.4. The molecule has 0 aromatic heterocycles. The van der Waals surface area contributed by atoms with Gasteiger partial charge in [0.05, 0.1) is 0 Å². The van der Waals surface area contributed by atoms with E-state index in [9.17, 15) is 14.4 Å². The molecule has 1 unspecified atom stereocenters. The van der Waals surface area contributed by atoms with E-state index in [1.807, 2.05) is 12.1 Å². The number of carbonyl (C=O) groups is 3. The van der Waals surface area contributed by atoms with Crippen LogP contribution >= 0.6 is 0 Å². The average Bonchev–Trinajstić information content (AvgIpc) is 2.99. The van der Waals surface area contributed by atoms with Crippen LogP contribution in [0.1, 0.15) is 61.0 Å². The molecule has 0 aliphatic carbocycles. The number of benzene rings is 1. The van der Waals surface area contributed by atoms with Crippen molar-refractivity contribution in [2.45, 2.75) is 70.7 Å². The number of amides is 3. The highest BCUT2D eigenvalue weighted by atomic mass is 16.2. The lowest BCUT2D eigenvalue weighted by atomic mass is 10.0. The Morgan fingerprint density at radius 2 is 1.90 bits per heavy atom. The number of hydrogen-bond donors (Lipinski definition) is 2. The molecule has 7 heteroatoms. The zero-order chi connectivity index (χ0) is 20.5. The largest absolute Gasteiger partial charge is 0.322 e. The van der Waals surface area contributed by atoms with Crippen LogP contribution < -0.4 is 10.6 Å². The Morgan fingerprint density at radius 3 is 2.59 bits per heavy atom. The van der Waals surface area contributed by atoms with Crippen LogP contribution in [0.5, 0.6) is 0 Å². The van der Waals surface area contributed by atoms with Crippen LogP contribution in [0, 0.1) is 0 Å². The lowest BCUT2D eigenvalue weighted by Crippen LogP contribution is -2.52. The molecule has 0 bridgehead atoms. The van der Waals surface area contributed by atoms with Crippen molar-refractivity contribution in [2.75, 3.05) is 13.1 Å². The normalized spacial score (nSPS) is 23.6. The topological polar surface area (TPSA) is 81.8 Å². The maximum absolute atomic E-state index is 12.8. The molecule has 1 atom stereocenters. The molecule has 2 fully saturated rings. The number of fused-ring (bicyclic) bond motifs is 1. The zero-order valence-corrected chi connectivity index (χ0v) is 17.2. The Bertz CT molecular complexity index is 814. The van der Waals surface area contributed by atoms with E-state index in [0.29, 0.717) is 30.6 Å². The van der Waals surface area contributed by atoms with Crippen LogP contribution in [0.15, 0.2) is 18.2 Å². The van der Waals surface area contributed by atoms with Crippen molar-refractivity contribution >= 4 is 17.7 Å². The molecule has 1 aromatic carbocycles. The zero-order valence-electron chi connectivity index (χ0n) is 17.2. The second-order valence-electron chi connectivity index (χ2n) is 8.76. The van der Waals surface area contributed by atoms with Crippen LogP contribution in [0.25, 0.3) is 0 Å². The standard InChI is InChI=1S/C22H30N4O3/c1-14(2)23-17-7-9-25(10-8-17)12-15-3-4-18-16(11-15)13-26(22(18)29)19-5-6-20(27)24-21(19)28/h3-4,11,14,17,19,23H,5-10,12-13H2,1-2H3,(H,24,27,28). The van der Waals surface area contributed by atoms with E-state index in [0.717, 1.165) is 38.0 Å². The van der Waals surface area contributed by atoms with Crippen LogP contribution in [-0.2, 0) is 22.7 Å². The quantitative estimate of drug-likeness (QED) is 0.733. The van der Waals surface area contributed by atoms with Crippen molar-refractivity contribution in [1.29, 1.82) is 0 Å². The van der Waals surface area contributed by atoms with Gasteiger partial charge in [-0.05, 0) is 49.5 Å². The van der Waals surface area contributed by atoms with Crippen molar-refractivity contribution < 1.29 is 14.4 Å². The molecular formula is C22H30N4O3. The predicted molar refractivity (Wildman–Crippen MR) is 109 cm³/mol. The molecule has 4 rings (SSSR count). The van der Waals surface area contributed by atoms with Gasteiger partial charge in [0, 0.05) is 37.2 Å². The highest BCUT2D eigenvalue weighted by Gasteiger charge is 2.39. The van der Waals surface area contributed by atoms with Crippen LogP contribution in [-0.4, -0.2) is 58.7 Å². The summed E-state index contributed by atoms with van der Waals surface area (Å²) in [6.45, 7) is 7.85. The number of imide groups is 1. The van der Waals surface area contributed by atoms with E-state index in [1.54, 1.807) is 4.90 Å². The summed E-state index contributed by atoms with van der Waals surface area (Å²) < 4.78 is 0. The van der Waals surface area contributed by atoms with Gasteiger partial charge in [0.2, 0.25) is 11.8 Å². The Kier molecular flexibility index (Phi) is 5.69. The molecule has 0 saturated carbocycles. The van der Waals surface area contributed by atoms with Gasteiger partial charge in [-0.15, -0.1) is 0 Å². The molecule has 0 radical (unpaired) electrons. The third-order valence-electron chi connectivity index (χ3n) is 6.15. The molecule has 3 heterocycles. The van der Waals surface area contributed by atoms with Crippen molar-refractivity contribution in [1.82, 2.24) is 20.4 Å². The SMILES string of the molecule is CC(C)NC1CCN(Cc2ccc3c(c2)CN(C2CCC(=O)NC2=O)C3=O)CC1. The summed E-state index contributed by atoms with van der Waals surface area (Å²) in [5.41, 5.74) is 2.86. The number of rotatable bonds is 5. The Morgan fingerprint density at radius 1 is 1.14 bits per heavy atom. The molecule has 7 nitrogen and oxygen atoms in total. The fraction of sp³-hybridized carbons (Fsp3) is 0.591. The van der Waals surface area contributed by atoms with E-state index in [1.165, 1.54) is 5.56 Å². The summed E-state index contributed by atoms with van der Waals surface area (Å²) in [5.74, 6) is -0.729. The van der Waals surface area contributed by atoms with Crippen LogP contribution in [0.4, 0.5) is 0 Å². The first-order chi connectivity index (χ1) is 13.9. The van der Waals surface area contributed by atoms with E-state index in [4.69, 9.17) is 0 Å². The molecule has 3 aliphatic rings. The number of piperidine rings is 2. The summed E-state index contributed by atoms with van der Waals surface area (Å²) in [6.07, 6.45) is 3.00. The van der Waals surface area contributed by atoms with Gasteiger partial charge in [-0.2, -0.15) is 0 Å². The van der Waals surface area contributed by atoms with Gasteiger partial charge in [0.1, 0.15) is 6.04 Å². The Balaban J connectivity index is 1.38. The summed E-state index contributed by atoms with van der Waals surface area (Å²) in [5, 5.41) is 5.97. The molecule has 0 spiro atoms. The average molecular weight is 399 g/mol. The maximum Gasteiger partial charge on any atom is 0.255 e. The summed E-state index contributed by atoms with van der Waals surface area (Å²) in [6, 6.07) is 6.61. The molecule has 29 heavy (non-hydrogen) atoms. The smallest absolute Gasteiger partial charge is 0.255 e. The lowest BCUT2D eigenvalue weighted by molar-refractivity contribution is -0.136. The van der Waals surface area contributed by atoms with Gasteiger partial charge in [0.15, 0.2) is 0 Å². The Hall–Kier alpha value is -2.25. The fourth-order valence-electron chi connectivity index (χ4n) is 4.71. The minimum atomic E-state index is -0.552. The molecular weight excluding hydrogens is 368 g/mol. The third kappa shape index (κ3) is 4.36. The number of nitrogens with zero attached hydrogens (tertiary/aromatic N) is 2. The monoisotopic (exact) mass is 398 g/mol. The number of carbonyl (C=O) groups excluding carboxylic acids is 3. The first kappa shape index (κ1) is 20.0. The molecule has 2 N–H and O–H groups in total. The van der Waals surface area contributed by atoms with Gasteiger partial charge in [-0.3, -0.25) is 24.6 Å². The molecule has 2 saturated heterocycles. The first-order valence-corrected chi connectivity index (χ1v) is 10.7. The van der Waals surface area contributed by atoms with Gasteiger partial charge in [-0.1, -0.05) is 26.0 Å². The molecule has 156 valence electrons. The molecule has 1 aromatic rings. The van der Waals surface area contributed by atoms with Gasteiger partial charge in [-0.25, -0.2) is 0 Å². The summed E-state index contributed by atoms with van der Waals surface area (Å²) >= 11 is 0. The first-order valence-electron chi connectivity index (χ1n) is 10.7. The number of hydrogen-bond acceptors (Lipinski definition) is 5. The number of likely N-dealkylation sites (tertiary alicyclic amines) is 1. The number of nitrogens with one attached hydrogen (secondary N) is 2. The summed E-state index contributed by atoms with van der Waals surface area (Å²) in [7, 11) is 0. The maximum atomic E-state index is 12.8. The predicted octanol–water partition coefficient (Wildman–Crippen LogP) is 1.41. The van der Waals surface area contributed by atoms with Crippen LogP contribution in [0.3, 0.4) is 0 Å². The van der Waals surface area contributed by atoms with Crippen molar-refractivity contribution in [2.24, 2.45) is 0 Å². The van der Waals surface area contributed by atoms with Crippen LogP contribution in [0.2, 0.25) is 0 Å². The van der Waals surface area contributed by atoms with Crippen molar-refractivity contribution in [3.8, 4) is 0 Å². The molecule has 3 aliphatic heterocycles. The van der Waals surface area contributed by atoms with Crippen molar-refractivity contribution in [3.63, 3.8) is 0 Å². The van der Waals surface area contributed by atoms with Gasteiger partial charge >= 0.3 is 0 Å². The highest BCUT2D eigenvalue weighted by molar-refractivity contribution is 6.05. The second kappa shape index (κ2) is 8.24. The van der Waals surface area contributed by atoms with E-state index >= 15 is 0 Å². The van der Waals surface area contributed by atoms with E-state index in [-0.39, 0.29) is 24.1 Å². The fourth-order valence-corrected chi connectivity index (χ4v) is 4.71.